The van der Waals surface area contributed by atoms with E-state index in [2.05, 4.69) is 6.92 Å². The third kappa shape index (κ3) is 2.62. The van der Waals surface area contributed by atoms with E-state index < -0.39 is 0 Å². The van der Waals surface area contributed by atoms with Crippen molar-refractivity contribution >= 4 is 0 Å². The van der Waals surface area contributed by atoms with Gasteiger partial charge in [-0.3, -0.25) is 0 Å². The second-order valence-electron chi connectivity index (χ2n) is 4.97. The standard InChI is InChI=1S/C14H19NO4/c1-9-2-3-11(19-9)7-16-12-5-14-13(17-8-18-14)4-10(12)6-15/h4-5,9,11H,2-3,6-8,15H2,1H3. The molecule has 2 atom stereocenters. The Morgan fingerprint density at radius 2 is 2.05 bits per heavy atom. The topological polar surface area (TPSA) is 62.9 Å². The highest BCUT2D eigenvalue weighted by atomic mass is 16.7. The van der Waals surface area contributed by atoms with Crippen LogP contribution >= 0.6 is 0 Å². The summed E-state index contributed by atoms with van der Waals surface area (Å²) in [4.78, 5) is 0. The van der Waals surface area contributed by atoms with Crippen molar-refractivity contribution in [2.45, 2.75) is 38.5 Å². The number of hydrogen-bond acceptors (Lipinski definition) is 5. The van der Waals surface area contributed by atoms with Crippen LogP contribution in [0.1, 0.15) is 25.3 Å². The van der Waals surface area contributed by atoms with Gasteiger partial charge in [0, 0.05) is 18.2 Å². The summed E-state index contributed by atoms with van der Waals surface area (Å²) < 4.78 is 22.3. The second-order valence-corrected chi connectivity index (χ2v) is 4.97. The van der Waals surface area contributed by atoms with Crippen molar-refractivity contribution in [2.75, 3.05) is 13.4 Å². The van der Waals surface area contributed by atoms with E-state index in [9.17, 15) is 0 Å². The Hall–Kier alpha value is -1.46. The fraction of sp³-hybridized carbons (Fsp3) is 0.571. The number of ether oxygens (including phenoxy) is 4. The summed E-state index contributed by atoms with van der Waals surface area (Å²) >= 11 is 0. The van der Waals surface area contributed by atoms with E-state index in [1.54, 1.807) is 0 Å². The molecule has 1 aromatic rings. The van der Waals surface area contributed by atoms with Crippen LogP contribution in [-0.4, -0.2) is 25.6 Å². The van der Waals surface area contributed by atoms with E-state index in [4.69, 9.17) is 24.7 Å². The number of fused-ring (bicyclic) bond motifs is 1. The molecule has 0 spiro atoms. The van der Waals surface area contributed by atoms with Crippen LogP contribution in [0.25, 0.3) is 0 Å². The van der Waals surface area contributed by atoms with E-state index in [0.29, 0.717) is 25.0 Å². The maximum absolute atomic E-state index is 5.84. The zero-order chi connectivity index (χ0) is 13.2. The van der Waals surface area contributed by atoms with Crippen LogP contribution in [0, 0.1) is 0 Å². The fourth-order valence-electron chi connectivity index (χ4n) is 2.45. The molecule has 0 bridgehead atoms. The highest BCUT2D eigenvalue weighted by Crippen LogP contribution is 2.38. The van der Waals surface area contributed by atoms with Gasteiger partial charge in [-0.05, 0) is 25.8 Å². The molecular weight excluding hydrogens is 246 g/mol. The SMILES string of the molecule is CC1CCC(COc2cc3c(cc2CN)OCO3)O1. The van der Waals surface area contributed by atoms with Crippen molar-refractivity contribution in [3.05, 3.63) is 17.7 Å². The molecule has 1 aromatic carbocycles. The highest BCUT2D eigenvalue weighted by molar-refractivity contribution is 5.51. The van der Waals surface area contributed by atoms with E-state index in [0.717, 1.165) is 29.9 Å². The quantitative estimate of drug-likeness (QED) is 0.899. The van der Waals surface area contributed by atoms with Crippen molar-refractivity contribution < 1.29 is 18.9 Å². The number of benzene rings is 1. The van der Waals surface area contributed by atoms with Crippen LogP contribution in [-0.2, 0) is 11.3 Å². The first-order valence-electron chi connectivity index (χ1n) is 6.67. The van der Waals surface area contributed by atoms with Gasteiger partial charge in [0.1, 0.15) is 12.4 Å². The van der Waals surface area contributed by atoms with Crippen LogP contribution in [0.3, 0.4) is 0 Å². The smallest absolute Gasteiger partial charge is 0.231 e. The molecule has 5 nitrogen and oxygen atoms in total. The molecule has 2 aliphatic rings. The number of nitrogens with two attached hydrogens (primary N) is 1. The molecule has 19 heavy (non-hydrogen) atoms. The van der Waals surface area contributed by atoms with Crippen molar-refractivity contribution in [3.63, 3.8) is 0 Å². The Morgan fingerprint density at radius 1 is 1.26 bits per heavy atom. The molecule has 2 N–H and O–H groups in total. The van der Waals surface area contributed by atoms with Crippen molar-refractivity contribution in [3.8, 4) is 17.2 Å². The molecule has 1 fully saturated rings. The molecule has 104 valence electrons. The maximum Gasteiger partial charge on any atom is 0.231 e. The van der Waals surface area contributed by atoms with Gasteiger partial charge in [0.25, 0.3) is 0 Å². The largest absolute Gasteiger partial charge is 0.490 e. The van der Waals surface area contributed by atoms with Gasteiger partial charge in [0.15, 0.2) is 11.5 Å². The molecule has 0 aliphatic carbocycles. The molecule has 0 amide bonds. The Bertz CT molecular complexity index is 463. The number of rotatable bonds is 4. The van der Waals surface area contributed by atoms with Crippen molar-refractivity contribution in [1.29, 1.82) is 0 Å². The third-order valence-corrected chi connectivity index (χ3v) is 3.52. The monoisotopic (exact) mass is 265 g/mol. The van der Waals surface area contributed by atoms with E-state index in [1.807, 2.05) is 12.1 Å². The second kappa shape index (κ2) is 5.27. The Labute approximate surface area is 112 Å². The average molecular weight is 265 g/mol. The minimum Gasteiger partial charge on any atom is -0.490 e. The molecule has 0 aromatic heterocycles. The molecule has 5 heteroatoms. The Morgan fingerprint density at radius 3 is 2.74 bits per heavy atom. The van der Waals surface area contributed by atoms with Gasteiger partial charge in [-0.25, -0.2) is 0 Å². The maximum atomic E-state index is 5.84. The predicted octanol–water partition coefficient (Wildman–Crippen LogP) is 1.82. The summed E-state index contributed by atoms with van der Waals surface area (Å²) in [7, 11) is 0. The van der Waals surface area contributed by atoms with Gasteiger partial charge in [-0.15, -0.1) is 0 Å². The Kier molecular flexibility index (Phi) is 3.48. The fourth-order valence-corrected chi connectivity index (χ4v) is 2.45. The van der Waals surface area contributed by atoms with Crippen molar-refractivity contribution in [2.24, 2.45) is 5.73 Å². The van der Waals surface area contributed by atoms with Gasteiger partial charge in [0.2, 0.25) is 6.79 Å². The van der Waals surface area contributed by atoms with Gasteiger partial charge in [-0.1, -0.05) is 0 Å². The normalized spacial score (nSPS) is 24.7. The minimum atomic E-state index is 0.172. The summed E-state index contributed by atoms with van der Waals surface area (Å²) in [6.07, 6.45) is 2.65. The van der Waals surface area contributed by atoms with Crippen LogP contribution < -0.4 is 19.9 Å². The van der Waals surface area contributed by atoms with Crippen LogP contribution in [0.4, 0.5) is 0 Å². The first-order chi connectivity index (χ1) is 9.26. The van der Waals surface area contributed by atoms with Gasteiger partial charge < -0.3 is 24.7 Å². The van der Waals surface area contributed by atoms with Crippen molar-refractivity contribution in [1.82, 2.24) is 0 Å². The summed E-state index contributed by atoms with van der Waals surface area (Å²) in [5, 5.41) is 0. The van der Waals surface area contributed by atoms with Crippen LogP contribution in [0.15, 0.2) is 12.1 Å². The lowest BCUT2D eigenvalue weighted by molar-refractivity contribution is 0.0262. The van der Waals surface area contributed by atoms with Gasteiger partial charge >= 0.3 is 0 Å². The van der Waals surface area contributed by atoms with E-state index >= 15 is 0 Å². The molecule has 3 rings (SSSR count). The zero-order valence-electron chi connectivity index (χ0n) is 11.1. The zero-order valence-corrected chi connectivity index (χ0v) is 11.1. The molecule has 2 unspecified atom stereocenters. The highest BCUT2D eigenvalue weighted by Gasteiger charge is 2.23. The van der Waals surface area contributed by atoms with Crippen LogP contribution in [0.5, 0.6) is 17.2 Å². The van der Waals surface area contributed by atoms with E-state index in [-0.39, 0.29) is 12.9 Å². The summed E-state index contributed by atoms with van der Waals surface area (Å²) in [6.45, 7) is 3.31. The Balaban J connectivity index is 1.69. The number of hydrogen-bond donors (Lipinski definition) is 1. The summed E-state index contributed by atoms with van der Waals surface area (Å²) in [5.41, 5.74) is 6.67. The van der Waals surface area contributed by atoms with Crippen LogP contribution in [0.2, 0.25) is 0 Å². The lowest BCUT2D eigenvalue weighted by Crippen LogP contribution is -2.18. The third-order valence-electron chi connectivity index (χ3n) is 3.52. The lowest BCUT2D eigenvalue weighted by atomic mass is 10.1. The predicted molar refractivity (Wildman–Crippen MR) is 69.5 cm³/mol. The first-order valence-corrected chi connectivity index (χ1v) is 6.67. The summed E-state index contributed by atoms with van der Waals surface area (Å²) in [6, 6.07) is 3.73. The van der Waals surface area contributed by atoms with Gasteiger partial charge in [-0.2, -0.15) is 0 Å². The lowest BCUT2D eigenvalue weighted by Gasteiger charge is -2.15. The first kappa shape index (κ1) is 12.6. The molecule has 1 saturated heterocycles. The minimum absolute atomic E-state index is 0.172. The van der Waals surface area contributed by atoms with Gasteiger partial charge in [0.05, 0.1) is 12.2 Å². The summed E-state index contributed by atoms with van der Waals surface area (Å²) in [5.74, 6) is 2.21. The molecule has 0 saturated carbocycles. The molecule has 0 radical (unpaired) electrons. The molecular formula is C14H19NO4. The molecule has 2 heterocycles. The average Bonchev–Trinajstić information content (AvgIpc) is 3.03. The molecule has 2 aliphatic heterocycles. The van der Waals surface area contributed by atoms with E-state index in [1.165, 1.54) is 0 Å².